The number of hydrogen-bond acceptors (Lipinski definition) is 2. The van der Waals surface area contributed by atoms with Crippen LogP contribution >= 0.6 is 0 Å². The van der Waals surface area contributed by atoms with Crippen LogP contribution in [-0.4, -0.2) is 15.2 Å². The fourth-order valence-corrected chi connectivity index (χ4v) is 2.42. The first kappa shape index (κ1) is 13.0. The van der Waals surface area contributed by atoms with Crippen molar-refractivity contribution in [2.24, 2.45) is 0 Å². The molecular formula is C12H8F5N3. The number of rotatable bonds is 1. The lowest BCUT2D eigenvalue weighted by Gasteiger charge is -2.16. The molecule has 0 spiro atoms. The van der Waals surface area contributed by atoms with Crippen LogP contribution in [0.3, 0.4) is 0 Å². The largest absolute Gasteiger partial charge is 0.416 e. The van der Waals surface area contributed by atoms with Gasteiger partial charge >= 0.3 is 6.18 Å². The highest BCUT2D eigenvalue weighted by atomic mass is 19.4. The van der Waals surface area contributed by atoms with E-state index in [1.54, 1.807) is 0 Å². The maximum absolute atomic E-state index is 13.7. The predicted molar refractivity (Wildman–Crippen MR) is 59.0 cm³/mol. The maximum atomic E-state index is 13.7. The molecule has 0 unspecified atom stereocenters. The third-order valence-corrected chi connectivity index (χ3v) is 3.33. The normalized spacial score (nSPS) is 17.2. The average molecular weight is 289 g/mol. The van der Waals surface area contributed by atoms with Gasteiger partial charge in [0.05, 0.1) is 5.56 Å². The molecule has 0 aliphatic heterocycles. The van der Waals surface area contributed by atoms with Crippen molar-refractivity contribution in [3.63, 3.8) is 0 Å². The van der Waals surface area contributed by atoms with E-state index in [2.05, 4.69) is 15.2 Å². The Hall–Kier alpha value is -1.99. The molecule has 1 aromatic carbocycles. The number of nitrogens with zero attached hydrogens (tertiary/aromatic N) is 2. The van der Waals surface area contributed by atoms with Crippen LogP contribution in [0.1, 0.15) is 23.1 Å². The Morgan fingerprint density at radius 3 is 2.55 bits per heavy atom. The fourth-order valence-electron chi connectivity index (χ4n) is 2.42. The first-order valence-corrected chi connectivity index (χ1v) is 5.77. The molecule has 0 fully saturated rings. The summed E-state index contributed by atoms with van der Waals surface area (Å²) in [7, 11) is 0. The molecule has 2 aromatic rings. The van der Waals surface area contributed by atoms with E-state index >= 15 is 0 Å². The second-order valence-corrected chi connectivity index (χ2v) is 4.59. The Kier molecular flexibility index (Phi) is 2.60. The van der Waals surface area contributed by atoms with Gasteiger partial charge in [0.15, 0.2) is 5.82 Å². The highest BCUT2D eigenvalue weighted by Crippen LogP contribution is 2.47. The molecule has 1 heterocycles. The zero-order valence-corrected chi connectivity index (χ0v) is 9.93. The smallest absolute Gasteiger partial charge is 0.259 e. The van der Waals surface area contributed by atoms with Gasteiger partial charge in [-0.3, -0.25) is 5.10 Å². The van der Waals surface area contributed by atoms with Gasteiger partial charge in [0.1, 0.15) is 6.33 Å². The molecule has 0 saturated carbocycles. The van der Waals surface area contributed by atoms with E-state index in [1.165, 1.54) is 0 Å². The summed E-state index contributed by atoms with van der Waals surface area (Å²) in [6.45, 7) is 0. The third-order valence-electron chi connectivity index (χ3n) is 3.33. The summed E-state index contributed by atoms with van der Waals surface area (Å²) in [5.41, 5.74) is -1.97. The molecule has 1 aliphatic rings. The second kappa shape index (κ2) is 4.00. The molecule has 1 aliphatic carbocycles. The van der Waals surface area contributed by atoms with Crippen molar-refractivity contribution in [2.45, 2.75) is 24.9 Å². The van der Waals surface area contributed by atoms with Crippen LogP contribution < -0.4 is 0 Å². The van der Waals surface area contributed by atoms with Gasteiger partial charge in [-0.2, -0.15) is 18.3 Å². The molecule has 1 aromatic heterocycles. The molecule has 106 valence electrons. The van der Waals surface area contributed by atoms with Gasteiger partial charge in [0.25, 0.3) is 5.92 Å². The number of alkyl halides is 5. The molecule has 20 heavy (non-hydrogen) atoms. The van der Waals surface area contributed by atoms with Crippen molar-refractivity contribution >= 4 is 0 Å². The molecule has 0 atom stereocenters. The minimum Gasteiger partial charge on any atom is -0.259 e. The number of aromatic nitrogens is 3. The maximum Gasteiger partial charge on any atom is 0.416 e. The van der Waals surface area contributed by atoms with E-state index in [4.69, 9.17) is 0 Å². The van der Waals surface area contributed by atoms with Crippen LogP contribution in [0.15, 0.2) is 18.5 Å². The molecule has 0 bridgehead atoms. The lowest BCUT2D eigenvalue weighted by molar-refractivity contribution is -0.138. The van der Waals surface area contributed by atoms with Crippen LogP contribution in [0.25, 0.3) is 11.4 Å². The monoisotopic (exact) mass is 289 g/mol. The Labute approximate surface area is 109 Å². The minimum absolute atomic E-state index is 0.0287. The molecule has 8 heteroatoms. The molecule has 0 amide bonds. The van der Waals surface area contributed by atoms with Gasteiger partial charge in [0.2, 0.25) is 0 Å². The van der Waals surface area contributed by atoms with E-state index in [-0.39, 0.29) is 23.4 Å². The van der Waals surface area contributed by atoms with Crippen LogP contribution in [-0.2, 0) is 18.5 Å². The highest BCUT2D eigenvalue weighted by Gasteiger charge is 2.45. The topological polar surface area (TPSA) is 41.6 Å². The summed E-state index contributed by atoms with van der Waals surface area (Å²) in [5.74, 6) is -3.22. The zero-order valence-electron chi connectivity index (χ0n) is 9.93. The van der Waals surface area contributed by atoms with Crippen molar-refractivity contribution in [1.82, 2.24) is 15.2 Å². The number of halogens is 5. The van der Waals surface area contributed by atoms with Crippen molar-refractivity contribution in [2.75, 3.05) is 0 Å². The first-order chi connectivity index (χ1) is 9.29. The Morgan fingerprint density at radius 2 is 1.95 bits per heavy atom. The summed E-state index contributed by atoms with van der Waals surface area (Å²) in [6.07, 6.45) is -4.46. The lowest BCUT2D eigenvalue weighted by atomic mass is 9.98. The lowest BCUT2D eigenvalue weighted by Crippen LogP contribution is -2.12. The average Bonchev–Trinajstić information content (AvgIpc) is 2.96. The van der Waals surface area contributed by atoms with Gasteiger partial charge < -0.3 is 0 Å². The van der Waals surface area contributed by atoms with Crippen LogP contribution in [0, 0.1) is 0 Å². The van der Waals surface area contributed by atoms with E-state index in [0.29, 0.717) is 0 Å². The Bertz CT molecular complexity index is 646. The van der Waals surface area contributed by atoms with Gasteiger partial charge in [-0.05, 0) is 24.1 Å². The van der Waals surface area contributed by atoms with Gasteiger partial charge in [-0.15, -0.1) is 0 Å². The van der Waals surface area contributed by atoms with E-state index < -0.39 is 29.6 Å². The predicted octanol–water partition coefficient (Wildman–Crippen LogP) is 3.53. The quantitative estimate of drug-likeness (QED) is 0.816. The summed E-state index contributed by atoms with van der Waals surface area (Å²) in [4.78, 5) is 3.70. The fraction of sp³-hybridized carbons (Fsp3) is 0.333. The SMILES string of the molecule is FC(F)(F)c1cc(-c2ncn[nH]2)cc2c1CCC2(F)F. The number of aromatic amines is 1. The standard InChI is InChI=1S/C12H8F5N3/c13-11(14)2-1-7-8(11)3-6(10-18-5-19-20-10)4-9(7)12(15,16)17/h3-5H,1-2H2,(H,18,19,20). The van der Waals surface area contributed by atoms with Gasteiger partial charge in [-0.25, -0.2) is 13.8 Å². The van der Waals surface area contributed by atoms with Crippen molar-refractivity contribution in [3.8, 4) is 11.4 Å². The van der Waals surface area contributed by atoms with E-state index in [9.17, 15) is 22.0 Å². The number of fused-ring (bicyclic) bond motifs is 1. The summed E-state index contributed by atoms with van der Waals surface area (Å²) >= 11 is 0. The molecule has 1 N–H and O–H groups in total. The van der Waals surface area contributed by atoms with Crippen LogP contribution in [0.5, 0.6) is 0 Å². The van der Waals surface area contributed by atoms with E-state index in [0.717, 1.165) is 18.5 Å². The number of hydrogen-bond donors (Lipinski definition) is 1. The summed E-state index contributed by atoms with van der Waals surface area (Å²) in [6, 6.07) is 1.89. The molecule has 3 rings (SSSR count). The van der Waals surface area contributed by atoms with Crippen LogP contribution in [0.4, 0.5) is 22.0 Å². The van der Waals surface area contributed by atoms with Gasteiger partial charge in [-0.1, -0.05) is 0 Å². The van der Waals surface area contributed by atoms with E-state index in [1.807, 2.05) is 0 Å². The van der Waals surface area contributed by atoms with Crippen molar-refractivity contribution in [1.29, 1.82) is 0 Å². The van der Waals surface area contributed by atoms with Gasteiger partial charge in [0, 0.05) is 17.5 Å². The van der Waals surface area contributed by atoms with Crippen molar-refractivity contribution in [3.05, 3.63) is 35.2 Å². The second-order valence-electron chi connectivity index (χ2n) is 4.59. The molecule has 3 nitrogen and oxygen atoms in total. The van der Waals surface area contributed by atoms with Crippen LogP contribution in [0.2, 0.25) is 0 Å². The summed E-state index contributed by atoms with van der Waals surface area (Å²) in [5, 5.41) is 5.89. The number of benzene rings is 1. The molecular weight excluding hydrogens is 281 g/mol. The number of nitrogens with one attached hydrogen (secondary N) is 1. The Morgan fingerprint density at radius 1 is 1.20 bits per heavy atom. The first-order valence-electron chi connectivity index (χ1n) is 5.77. The van der Waals surface area contributed by atoms with Crippen molar-refractivity contribution < 1.29 is 22.0 Å². The number of H-pyrrole nitrogens is 1. The zero-order chi connectivity index (χ0) is 14.5. The Balaban J connectivity index is 2.26. The summed E-state index contributed by atoms with van der Waals surface area (Å²) < 4.78 is 66.5. The molecule has 0 radical (unpaired) electrons. The minimum atomic E-state index is -4.68. The molecule has 0 saturated heterocycles. The highest BCUT2D eigenvalue weighted by molar-refractivity contribution is 5.61. The third kappa shape index (κ3) is 1.95.